The third-order valence-corrected chi connectivity index (χ3v) is 3.29. The van der Waals surface area contributed by atoms with Crippen molar-refractivity contribution in [3.63, 3.8) is 0 Å². The maximum absolute atomic E-state index is 9.87. The van der Waals surface area contributed by atoms with E-state index in [0.717, 1.165) is 44.6 Å². The molecule has 1 aromatic heterocycles. The lowest BCUT2D eigenvalue weighted by Crippen LogP contribution is -2.14. The Hall–Kier alpha value is -0.800. The molecule has 0 saturated carbocycles. The quantitative estimate of drug-likeness (QED) is 0.799. The van der Waals surface area contributed by atoms with Crippen molar-refractivity contribution in [1.29, 1.82) is 0 Å². The molecule has 0 amide bonds. The second-order valence-electron chi connectivity index (χ2n) is 5.29. The van der Waals surface area contributed by atoms with Crippen LogP contribution >= 0.6 is 0 Å². The third kappa shape index (κ3) is 3.11. The molecule has 1 aliphatic carbocycles. The molecule has 0 spiro atoms. The molecule has 1 heterocycles. The summed E-state index contributed by atoms with van der Waals surface area (Å²) in [6, 6.07) is 2.06. The third-order valence-electron chi connectivity index (χ3n) is 3.29. The van der Waals surface area contributed by atoms with E-state index in [1.54, 1.807) is 0 Å². The summed E-state index contributed by atoms with van der Waals surface area (Å²) in [4.78, 5) is 0. The molecule has 0 saturated heterocycles. The van der Waals surface area contributed by atoms with Crippen molar-refractivity contribution in [2.75, 3.05) is 13.2 Å². The summed E-state index contributed by atoms with van der Waals surface area (Å²) in [6.07, 6.45) is 4.91. The molecule has 0 aliphatic heterocycles. The predicted molar refractivity (Wildman–Crippen MR) is 68.0 cm³/mol. The summed E-state index contributed by atoms with van der Waals surface area (Å²) >= 11 is 0. The van der Waals surface area contributed by atoms with E-state index in [2.05, 4.69) is 30.7 Å². The van der Waals surface area contributed by atoms with Crippen LogP contribution in [0.5, 0.6) is 0 Å². The molecule has 17 heavy (non-hydrogen) atoms. The molecule has 1 aromatic rings. The summed E-state index contributed by atoms with van der Waals surface area (Å²) in [5.74, 6) is 0.593. The minimum absolute atomic E-state index is 0.253. The highest BCUT2D eigenvalue weighted by atomic mass is 16.5. The maximum atomic E-state index is 9.87. The largest absolute Gasteiger partial charge is 0.388 e. The first-order valence-electron chi connectivity index (χ1n) is 6.62. The van der Waals surface area contributed by atoms with Crippen LogP contribution < -0.4 is 0 Å². The van der Waals surface area contributed by atoms with Crippen LogP contribution in [0, 0.1) is 5.92 Å². The second-order valence-corrected chi connectivity index (χ2v) is 5.29. The number of aliphatic hydroxyl groups excluding tert-OH is 1. The molecule has 0 bridgehead atoms. The van der Waals surface area contributed by atoms with E-state index in [9.17, 15) is 5.11 Å². The van der Waals surface area contributed by atoms with Gasteiger partial charge in [-0.25, -0.2) is 0 Å². The Kier molecular flexibility index (Phi) is 4.24. The Morgan fingerprint density at radius 2 is 2.35 bits per heavy atom. The zero-order valence-corrected chi connectivity index (χ0v) is 10.9. The van der Waals surface area contributed by atoms with Gasteiger partial charge in [-0.05, 0) is 31.2 Å². The van der Waals surface area contributed by atoms with Gasteiger partial charge in [-0.2, -0.15) is 0 Å². The monoisotopic (exact) mass is 237 g/mol. The number of fused-ring (bicyclic) bond motifs is 1. The van der Waals surface area contributed by atoms with Gasteiger partial charge in [-0.3, -0.25) is 0 Å². The van der Waals surface area contributed by atoms with Crippen LogP contribution in [0.3, 0.4) is 0 Å². The van der Waals surface area contributed by atoms with Crippen LogP contribution in [-0.4, -0.2) is 22.9 Å². The Morgan fingerprint density at radius 3 is 3.12 bits per heavy atom. The molecule has 0 radical (unpaired) electrons. The first kappa shape index (κ1) is 12.7. The average molecular weight is 237 g/mol. The normalized spacial score (nSPS) is 19.6. The van der Waals surface area contributed by atoms with Crippen LogP contribution in [0.1, 0.15) is 44.1 Å². The predicted octanol–water partition coefficient (Wildman–Crippen LogP) is 2.53. The lowest BCUT2D eigenvalue weighted by Gasteiger charge is -2.20. The molecule has 1 unspecified atom stereocenters. The molecule has 0 fully saturated rings. The standard InChI is InChI=1S/C14H23NO2/c1-11(2)10-17-9-8-15-7-6-12-13(15)4-3-5-14(12)16/h6-7,11,14,16H,3-5,8-10H2,1-2H3. The highest BCUT2D eigenvalue weighted by Gasteiger charge is 2.20. The maximum Gasteiger partial charge on any atom is 0.0807 e. The van der Waals surface area contributed by atoms with Gasteiger partial charge in [0.2, 0.25) is 0 Å². The van der Waals surface area contributed by atoms with Crippen molar-refractivity contribution in [2.24, 2.45) is 5.92 Å². The van der Waals surface area contributed by atoms with Gasteiger partial charge < -0.3 is 14.4 Å². The molecule has 3 nitrogen and oxygen atoms in total. The SMILES string of the molecule is CC(C)COCCn1ccc2c1CCCC2O. The molecule has 1 atom stereocenters. The molecular formula is C14H23NO2. The van der Waals surface area contributed by atoms with Gasteiger partial charge in [-0.1, -0.05) is 13.8 Å². The number of aromatic nitrogens is 1. The Bertz CT molecular complexity index is 357. The molecule has 96 valence electrons. The van der Waals surface area contributed by atoms with E-state index in [4.69, 9.17) is 4.74 Å². The van der Waals surface area contributed by atoms with Crippen molar-refractivity contribution in [3.8, 4) is 0 Å². The van der Waals surface area contributed by atoms with Crippen molar-refractivity contribution >= 4 is 0 Å². The van der Waals surface area contributed by atoms with Crippen molar-refractivity contribution in [1.82, 2.24) is 4.57 Å². The summed E-state index contributed by atoms with van der Waals surface area (Å²) in [7, 11) is 0. The van der Waals surface area contributed by atoms with E-state index in [-0.39, 0.29) is 6.10 Å². The lowest BCUT2D eigenvalue weighted by molar-refractivity contribution is 0.102. The minimum Gasteiger partial charge on any atom is -0.388 e. The number of ether oxygens (including phenoxy) is 1. The number of aliphatic hydroxyl groups is 1. The van der Waals surface area contributed by atoms with Crippen molar-refractivity contribution < 1.29 is 9.84 Å². The molecule has 1 aliphatic rings. The van der Waals surface area contributed by atoms with E-state index < -0.39 is 0 Å². The second kappa shape index (κ2) is 5.69. The van der Waals surface area contributed by atoms with Gasteiger partial charge in [-0.15, -0.1) is 0 Å². The Balaban J connectivity index is 1.89. The van der Waals surface area contributed by atoms with E-state index in [1.165, 1.54) is 5.69 Å². The van der Waals surface area contributed by atoms with Gasteiger partial charge in [0.25, 0.3) is 0 Å². The zero-order chi connectivity index (χ0) is 12.3. The van der Waals surface area contributed by atoms with Gasteiger partial charge in [0.05, 0.1) is 12.7 Å². The zero-order valence-electron chi connectivity index (χ0n) is 10.9. The molecule has 1 N–H and O–H groups in total. The fourth-order valence-electron chi connectivity index (χ4n) is 2.42. The van der Waals surface area contributed by atoms with Gasteiger partial charge in [0, 0.05) is 30.6 Å². The van der Waals surface area contributed by atoms with E-state index in [1.807, 2.05) is 0 Å². The minimum atomic E-state index is -0.253. The highest BCUT2D eigenvalue weighted by molar-refractivity contribution is 5.27. The van der Waals surface area contributed by atoms with Gasteiger partial charge >= 0.3 is 0 Å². The summed E-state index contributed by atoms with van der Waals surface area (Å²) in [5, 5.41) is 9.87. The number of nitrogens with zero attached hydrogens (tertiary/aromatic N) is 1. The smallest absolute Gasteiger partial charge is 0.0807 e. The average Bonchev–Trinajstić information content (AvgIpc) is 2.69. The van der Waals surface area contributed by atoms with E-state index in [0.29, 0.717) is 5.92 Å². The number of hydrogen-bond donors (Lipinski definition) is 1. The highest BCUT2D eigenvalue weighted by Crippen LogP contribution is 2.30. The van der Waals surface area contributed by atoms with E-state index >= 15 is 0 Å². The first-order valence-corrected chi connectivity index (χ1v) is 6.62. The fraction of sp³-hybridized carbons (Fsp3) is 0.714. The topological polar surface area (TPSA) is 34.4 Å². The lowest BCUT2D eigenvalue weighted by atomic mass is 9.95. The molecule has 0 aromatic carbocycles. The molecular weight excluding hydrogens is 214 g/mol. The first-order chi connectivity index (χ1) is 8.18. The number of rotatable bonds is 5. The van der Waals surface area contributed by atoms with Crippen molar-refractivity contribution in [3.05, 3.63) is 23.5 Å². The molecule has 2 rings (SSSR count). The van der Waals surface area contributed by atoms with Crippen LogP contribution in [0.2, 0.25) is 0 Å². The fourth-order valence-corrected chi connectivity index (χ4v) is 2.42. The Morgan fingerprint density at radius 1 is 1.53 bits per heavy atom. The summed E-state index contributed by atoms with van der Waals surface area (Å²) in [6.45, 7) is 6.80. The van der Waals surface area contributed by atoms with Gasteiger partial charge in [0.1, 0.15) is 0 Å². The number of hydrogen-bond acceptors (Lipinski definition) is 2. The molecule has 3 heteroatoms. The van der Waals surface area contributed by atoms with Crippen LogP contribution in [0.15, 0.2) is 12.3 Å². The van der Waals surface area contributed by atoms with Crippen molar-refractivity contribution in [2.45, 2.75) is 45.8 Å². The van der Waals surface area contributed by atoms with Gasteiger partial charge in [0.15, 0.2) is 0 Å². The van der Waals surface area contributed by atoms with Crippen LogP contribution in [-0.2, 0) is 17.7 Å². The summed E-state index contributed by atoms with van der Waals surface area (Å²) in [5.41, 5.74) is 2.43. The van der Waals surface area contributed by atoms with Crippen LogP contribution in [0.25, 0.3) is 0 Å². The summed E-state index contributed by atoms with van der Waals surface area (Å²) < 4.78 is 7.84. The van der Waals surface area contributed by atoms with Crippen LogP contribution in [0.4, 0.5) is 0 Å². The Labute approximate surface area is 103 Å².